The van der Waals surface area contributed by atoms with E-state index in [9.17, 15) is 4.79 Å². The highest BCUT2D eigenvalue weighted by molar-refractivity contribution is 5.92. The fourth-order valence-corrected chi connectivity index (χ4v) is 3.07. The molecular weight excluding hydrogens is 324 g/mol. The molecule has 1 aliphatic carbocycles. The van der Waals surface area contributed by atoms with Crippen molar-refractivity contribution < 1.29 is 4.79 Å². The summed E-state index contributed by atoms with van der Waals surface area (Å²) in [6.45, 7) is 9.68. The fraction of sp³-hybridized carbons (Fsp3) is 0.619. The van der Waals surface area contributed by atoms with Crippen LogP contribution in [0.5, 0.6) is 0 Å². The topological polar surface area (TPSA) is 65.5 Å². The smallest absolute Gasteiger partial charge is 0.226 e. The monoisotopic (exact) mass is 358 g/mol. The molecule has 0 aliphatic heterocycles. The Morgan fingerprint density at radius 1 is 1.15 bits per heavy atom. The first-order valence-electron chi connectivity index (χ1n) is 9.92. The quantitative estimate of drug-likeness (QED) is 0.533. The van der Waals surface area contributed by atoms with Crippen molar-refractivity contribution in [3.8, 4) is 0 Å². The van der Waals surface area contributed by atoms with Gasteiger partial charge in [0.15, 0.2) is 5.96 Å². The summed E-state index contributed by atoms with van der Waals surface area (Å²) < 4.78 is 0. The minimum Gasteiger partial charge on any atom is -0.357 e. The van der Waals surface area contributed by atoms with E-state index in [0.29, 0.717) is 12.6 Å². The summed E-state index contributed by atoms with van der Waals surface area (Å²) in [6, 6.07) is 8.44. The van der Waals surface area contributed by atoms with Gasteiger partial charge in [0.25, 0.3) is 0 Å². The first-order valence-corrected chi connectivity index (χ1v) is 9.92. The van der Waals surface area contributed by atoms with Crippen LogP contribution in [0.25, 0.3) is 0 Å². The SMILES string of the molecule is CCNC(=NCc1ccc(NC(=O)C(C)C)cc1)NC1CCC(C)CC1. The van der Waals surface area contributed by atoms with Crippen molar-refractivity contribution in [1.82, 2.24) is 10.6 Å². The molecule has 3 N–H and O–H groups in total. The summed E-state index contributed by atoms with van der Waals surface area (Å²) in [5.41, 5.74) is 1.96. The minimum atomic E-state index is -0.0178. The fourth-order valence-electron chi connectivity index (χ4n) is 3.07. The third-order valence-electron chi connectivity index (χ3n) is 4.87. The van der Waals surface area contributed by atoms with Crippen molar-refractivity contribution in [1.29, 1.82) is 0 Å². The Balaban J connectivity index is 1.90. The van der Waals surface area contributed by atoms with Gasteiger partial charge in [-0.05, 0) is 56.2 Å². The number of guanidine groups is 1. The van der Waals surface area contributed by atoms with E-state index in [2.05, 4.69) is 29.8 Å². The van der Waals surface area contributed by atoms with Gasteiger partial charge < -0.3 is 16.0 Å². The Labute approximate surface area is 158 Å². The molecule has 1 aliphatic rings. The third-order valence-corrected chi connectivity index (χ3v) is 4.87. The van der Waals surface area contributed by atoms with Crippen LogP contribution in [-0.2, 0) is 11.3 Å². The number of rotatable bonds is 6. The second kappa shape index (κ2) is 10.2. The van der Waals surface area contributed by atoms with Gasteiger partial charge in [-0.25, -0.2) is 4.99 Å². The number of nitrogens with one attached hydrogen (secondary N) is 3. The van der Waals surface area contributed by atoms with Crippen molar-refractivity contribution in [3.05, 3.63) is 29.8 Å². The van der Waals surface area contributed by atoms with Crippen LogP contribution in [0.4, 0.5) is 5.69 Å². The summed E-state index contributed by atoms with van der Waals surface area (Å²) >= 11 is 0. The van der Waals surface area contributed by atoms with Crippen LogP contribution in [0.15, 0.2) is 29.3 Å². The summed E-state index contributed by atoms with van der Waals surface area (Å²) in [5.74, 6) is 1.76. The summed E-state index contributed by atoms with van der Waals surface area (Å²) in [5, 5.41) is 9.83. The van der Waals surface area contributed by atoms with Crippen molar-refractivity contribution in [2.24, 2.45) is 16.8 Å². The standard InChI is InChI=1S/C21H34N4O/c1-5-22-21(25-19-10-6-16(4)7-11-19)23-14-17-8-12-18(13-9-17)24-20(26)15(2)3/h8-9,12-13,15-16,19H,5-7,10-11,14H2,1-4H3,(H,24,26)(H2,22,23,25). The molecule has 1 aromatic carbocycles. The van der Waals surface area contributed by atoms with E-state index in [4.69, 9.17) is 4.99 Å². The molecule has 26 heavy (non-hydrogen) atoms. The van der Waals surface area contributed by atoms with Crippen LogP contribution < -0.4 is 16.0 Å². The Morgan fingerprint density at radius 3 is 2.38 bits per heavy atom. The molecular formula is C21H34N4O. The second-order valence-electron chi connectivity index (χ2n) is 7.64. The third kappa shape index (κ3) is 6.70. The molecule has 0 heterocycles. The van der Waals surface area contributed by atoms with Gasteiger partial charge in [-0.15, -0.1) is 0 Å². The van der Waals surface area contributed by atoms with Gasteiger partial charge in [0, 0.05) is 24.2 Å². The second-order valence-corrected chi connectivity index (χ2v) is 7.64. The Bertz CT molecular complexity index is 587. The summed E-state index contributed by atoms with van der Waals surface area (Å²) in [6.07, 6.45) is 5.02. The van der Waals surface area contributed by atoms with Gasteiger partial charge in [0.2, 0.25) is 5.91 Å². The maximum atomic E-state index is 11.7. The van der Waals surface area contributed by atoms with Crippen LogP contribution >= 0.6 is 0 Å². The van der Waals surface area contributed by atoms with Gasteiger partial charge in [0.05, 0.1) is 6.54 Å². The zero-order chi connectivity index (χ0) is 18.9. The van der Waals surface area contributed by atoms with Crippen LogP contribution in [0.3, 0.4) is 0 Å². The number of hydrogen-bond acceptors (Lipinski definition) is 2. The maximum Gasteiger partial charge on any atom is 0.226 e. The Kier molecular flexibility index (Phi) is 7.95. The molecule has 5 heteroatoms. The molecule has 5 nitrogen and oxygen atoms in total. The lowest BCUT2D eigenvalue weighted by Crippen LogP contribution is -2.44. The molecule has 144 valence electrons. The van der Waals surface area contributed by atoms with Crippen LogP contribution in [-0.4, -0.2) is 24.5 Å². The number of carbonyl (C=O) groups excluding carboxylic acids is 1. The number of anilines is 1. The largest absolute Gasteiger partial charge is 0.357 e. The molecule has 0 atom stereocenters. The van der Waals surface area contributed by atoms with Crippen molar-refractivity contribution in [2.45, 2.75) is 66.0 Å². The zero-order valence-electron chi connectivity index (χ0n) is 16.6. The van der Waals surface area contributed by atoms with Crippen LogP contribution in [0.2, 0.25) is 0 Å². The molecule has 0 spiro atoms. The lowest BCUT2D eigenvalue weighted by Gasteiger charge is -2.28. The highest BCUT2D eigenvalue weighted by Crippen LogP contribution is 2.23. The van der Waals surface area contributed by atoms with Gasteiger partial charge in [-0.3, -0.25) is 4.79 Å². The van der Waals surface area contributed by atoms with Crippen molar-refractivity contribution in [2.75, 3.05) is 11.9 Å². The number of hydrogen-bond donors (Lipinski definition) is 3. The first-order chi connectivity index (χ1) is 12.5. The van der Waals surface area contributed by atoms with Gasteiger partial charge in [0.1, 0.15) is 0 Å². The lowest BCUT2D eigenvalue weighted by atomic mass is 9.87. The predicted molar refractivity (Wildman–Crippen MR) is 109 cm³/mol. The van der Waals surface area contributed by atoms with E-state index in [1.54, 1.807) is 0 Å². The first kappa shape index (κ1) is 20.3. The highest BCUT2D eigenvalue weighted by Gasteiger charge is 2.18. The lowest BCUT2D eigenvalue weighted by molar-refractivity contribution is -0.118. The average Bonchev–Trinajstić information content (AvgIpc) is 2.63. The molecule has 0 aromatic heterocycles. The summed E-state index contributed by atoms with van der Waals surface area (Å²) in [4.78, 5) is 16.5. The van der Waals surface area contributed by atoms with Gasteiger partial charge >= 0.3 is 0 Å². The molecule has 0 radical (unpaired) electrons. The minimum absolute atomic E-state index is 0.0178. The van der Waals surface area contributed by atoms with Crippen LogP contribution in [0.1, 0.15) is 58.9 Å². The van der Waals surface area contributed by atoms with E-state index in [1.807, 2.05) is 38.1 Å². The Morgan fingerprint density at radius 2 is 1.81 bits per heavy atom. The van der Waals surface area contributed by atoms with E-state index in [1.165, 1.54) is 25.7 Å². The number of aliphatic imine (C=N–C) groups is 1. The molecule has 0 saturated heterocycles. The zero-order valence-corrected chi connectivity index (χ0v) is 16.6. The highest BCUT2D eigenvalue weighted by atomic mass is 16.1. The maximum absolute atomic E-state index is 11.7. The molecule has 0 bridgehead atoms. The predicted octanol–water partition coefficient (Wildman–Crippen LogP) is 3.91. The molecule has 1 amide bonds. The normalized spacial score (nSPS) is 20.7. The van der Waals surface area contributed by atoms with Gasteiger partial charge in [-0.1, -0.05) is 32.9 Å². The number of amides is 1. The number of benzene rings is 1. The van der Waals surface area contributed by atoms with Crippen LogP contribution in [0, 0.1) is 11.8 Å². The van der Waals surface area contributed by atoms with E-state index in [-0.39, 0.29) is 11.8 Å². The molecule has 1 saturated carbocycles. The average molecular weight is 359 g/mol. The molecule has 0 unspecified atom stereocenters. The van der Waals surface area contributed by atoms with Crippen molar-refractivity contribution in [3.63, 3.8) is 0 Å². The number of nitrogens with zero attached hydrogens (tertiary/aromatic N) is 1. The van der Waals surface area contributed by atoms with E-state index >= 15 is 0 Å². The van der Waals surface area contributed by atoms with E-state index < -0.39 is 0 Å². The van der Waals surface area contributed by atoms with E-state index in [0.717, 1.165) is 29.7 Å². The van der Waals surface area contributed by atoms with Gasteiger partial charge in [-0.2, -0.15) is 0 Å². The molecule has 2 rings (SSSR count). The van der Waals surface area contributed by atoms with Crippen molar-refractivity contribution >= 4 is 17.6 Å². The molecule has 1 fully saturated rings. The Hall–Kier alpha value is -2.04. The number of carbonyl (C=O) groups is 1. The molecule has 1 aromatic rings. The summed E-state index contributed by atoms with van der Waals surface area (Å²) in [7, 11) is 0.